The lowest BCUT2D eigenvalue weighted by atomic mass is 10.1. The highest BCUT2D eigenvalue weighted by Gasteiger charge is 2.16. The van der Waals surface area contributed by atoms with Crippen molar-refractivity contribution >= 4 is 46.1 Å². The fourth-order valence-electron chi connectivity index (χ4n) is 2.84. The molecule has 0 aliphatic carbocycles. The molecular formula is C18H21Cl2N7O2. The zero-order valence-corrected chi connectivity index (χ0v) is 17.2. The molecule has 154 valence electrons. The van der Waals surface area contributed by atoms with Crippen molar-refractivity contribution in [3.05, 3.63) is 40.4 Å². The van der Waals surface area contributed by atoms with Crippen molar-refractivity contribution in [3.63, 3.8) is 0 Å². The maximum atomic E-state index is 11.5. The normalized spacial score (nSPS) is 12.1. The molecule has 1 amide bonds. The summed E-state index contributed by atoms with van der Waals surface area (Å²) in [6, 6.07) is 2.86. The zero-order valence-electron chi connectivity index (χ0n) is 15.7. The monoisotopic (exact) mass is 437 g/mol. The summed E-state index contributed by atoms with van der Waals surface area (Å²) in [5.41, 5.74) is 13.4. The van der Waals surface area contributed by atoms with Gasteiger partial charge in [-0.2, -0.15) is 0 Å². The van der Waals surface area contributed by atoms with E-state index in [-0.39, 0.29) is 5.91 Å². The number of anilines is 1. The number of nitrogens with zero attached hydrogens (tertiary/aromatic N) is 4. The number of benzene rings is 1. The number of hydrogen-bond acceptors (Lipinski definition) is 7. The summed E-state index contributed by atoms with van der Waals surface area (Å²) >= 11 is 12.6. The number of carbonyl (C=O) groups is 1. The van der Waals surface area contributed by atoms with E-state index in [0.29, 0.717) is 64.3 Å². The van der Waals surface area contributed by atoms with Gasteiger partial charge >= 0.3 is 0 Å². The topological polar surface area (TPSA) is 134 Å². The average molecular weight is 438 g/mol. The Bertz CT molecular complexity index is 1020. The van der Waals surface area contributed by atoms with E-state index in [1.165, 1.54) is 6.33 Å². The molecule has 0 saturated heterocycles. The lowest BCUT2D eigenvalue weighted by Gasteiger charge is -2.15. The number of aromatic nitrogens is 4. The van der Waals surface area contributed by atoms with Gasteiger partial charge in [-0.1, -0.05) is 23.2 Å². The van der Waals surface area contributed by atoms with Crippen LogP contribution >= 0.6 is 23.2 Å². The van der Waals surface area contributed by atoms with Crippen LogP contribution < -0.4 is 21.5 Å². The van der Waals surface area contributed by atoms with E-state index < -0.39 is 6.04 Å². The first kappa shape index (κ1) is 21.1. The predicted octanol–water partition coefficient (Wildman–Crippen LogP) is 2.00. The van der Waals surface area contributed by atoms with Crippen molar-refractivity contribution < 1.29 is 9.53 Å². The Labute approximate surface area is 177 Å². The van der Waals surface area contributed by atoms with E-state index >= 15 is 0 Å². The zero-order chi connectivity index (χ0) is 21.0. The van der Waals surface area contributed by atoms with Crippen molar-refractivity contribution in [2.75, 3.05) is 19.4 Å². The second-order valence-corrected chi connectivity index (χ2v) is 7.14. The van der Waals surface area contributed by atoms with Crippen LogP contribution in [0.25, 0.3) is 11.2 Å². The smallest absolute Gasteiger partial charge is 0.236 e. The Balaban J connectivity index is 1.77. The van der Waals surface area contributed by atoms with Crippen molar-refractivity contribution in [3.8, 4) is 5.75 Å². The third-order valence-corrected chi connectivity index (χ3v) is 5.25. The van der Waals surface area contributed by atoms with Gasteiger partial charge in [0.05, 0.1) is 35.6 Å². The average Bonchev–Trinajstić information content (AvgIpc) is 3.13. The number of rotatable bonds is 8. The number of fused-ring (bicyclic) bond motifs is 1. The number of ether oxygens (including phenoxy) is 1. The van der Waals surface area contributed by atoms with Gasteiger partial charge in [0, 0.05) is 12.6 Å². The molecule has 3 rings (SSSR count). The fraction of sp³-hybridized carbons (Fsp3) is 0.333. The second kappa shape index (κ2) is 9.25. The number of likely N-dealkylation sites (N-methyl/N-ethyl adjacent to an activating group) is 1. The number of nitrogens with one attached hydrogen (secondary N) is 1. The maximum absolute atomic E-state index is 11.5. The van der Waals surface area contributed by atoms with Crippen LogP contribution in [0.4, 0.5) is 5.82 Å². The highest BCUT2D eigenvalue weighted by Crippen LogP contribution is 2.34. The Kier molecular flexibility index (Phi) is 6.73. The van der Waals surface area contributed by atoms with E-state index in [4.69, 9.17) is 39.4 Å². The van der Waals surface area contributed by atoms with Crippen LogP contribution in [0, 0.1) is 0 Å². The first-order valence-corrected chi connectivity index (χ1v) is 9.66. The SMILES string of the molecule is CNC(=O)[C@H](N)CCCOc1ccc(Cl)c(Cl)c1Cn1cnc2c(N)ncnc21. The first-order valence-electron chi connectivity index (χ1n) is 8.90. The van der Waals surface area contributed by atoms with Gasteiger partial charge < -0.3 is 26.1 Å². The standard InChI is InChI=1S/C18H21Cl2N7O2/c1-23-18(28)12(21)3-2-6-29-13-5-4-11(19)14(20)10(13)7-27-9-26-15-16(22)24-8-25-17(15)27/h4-5,8-9,12H,2-3,6-7,21H2,1H3,(H,23,28)(H2,22,24,25)/t12-/m1/s1. The van der Waals surface area contributed by atoms with Gasteiger partial charge in [-0.25, -0.2) is 15.0 Å². The number of nitrogens with two attached hydrogens (primary N) is 2. The van der Waals surface area contributed by atoms with Crippen molar-refractivity contribution in [1.82, 2.24) is 24.8 Å². The summed E-state index contributed by atoms with van der Waals surface area (Å²) in [5.74, 6) is 0.681. The Hall–Kier alpha value is -2.62. The minimum Gasteiger partial charge on any atom is -0.493 e. The second-order valence-electron chi connectivity index (χ2n) is 6.35. The molecule has 0 fully saturated rings. The van der Waals surface area contributed by atoms with Crippen LogP contribution in [0.3, 0.4) is 0 Å². The minimum atomic E-state index is -0.570. The Morgan fingerprint density at radius 1 is 1.31 bits per heavy atom. The van der Waals surface area contributed by atoms with Gasteiger partial charge in [-0.05, 0) is 25.0 Å². The van der Waals surface area contributed by atoms with Crippen LogP contribution in [0.2, 0.25) is 10.0 Å². The van der Waals surface area contributed by atoms with E-state index in [9.17, 15) is 4.79 Å². The highest BCUT2D eigenvalue weighted by atomic mass is 35.5. The van der Waals surface area contributed by atoms with Crippen molar-refractivity contribution in [1.29, 1.82) is 0 Å². The number of amides is 1. The summed E-state index contributed by atoms with van der Waals surface area (Å²) < 4.78 is 7.69. The van der Waals surface area contributed by atoms with Gasteiger partial charge in [0.15, 0.2) is 11.5 Å². The molecule has 0 bridgehead atoms. The molecule has 0 aliphatic heterocycles. The summed E-state index contributed by atoms with van der Waals surface area (Å²) in [6.45, 7) is 0.703. The van der Waals surface area contributed by atoms with Crippen molar-refractivity contribution in [2.45, 2.75) is 25.4 Å². The molecule has 0 unspecified atom stereocenters. The Morgan fingerprint density at radius 2 is 2.10 bits per heavy atom. The van der Waals surface area contributed by atoms with Gasteiger partial charge in [0.2, 0.25) is 5.91 Å². The number of nitrogen functional groups attached to an aromatic ring is 1. The van der Waals surface area contributed by atoms with Crippen LogP contribution in [0.5, 0.6) is 5.75 Å². The molecule has 0 spiro atoms. The molecule has 9 nitrogen and oxygen atoms in total. The molecule has 3 aromatic rings. The number of halogens is 2. The Morgan fingerprint density at radius 3 is 2.86 bits per heavy atom. The summed E-state index contributed by atoms with van der Waals surface area (Å²) in [7, 11) is 1.55. The summed E-state index contributed by atoms with van der Waals surface area (Å²) in [4.78, 5) is 23.9. The molecule has 11 heteroatoms. The largest absolute Gasteiger partial charge is 0.493 e. The molecule has 5 N–H and O–H groups in total. The predicted molar refractivity (Wildman–Crippen MR) is 112 cm³/mol. The van der Waals surface area contributed by atoms with Crippen LogP contribution in [0.1, 0.15) is 18.4 Å². The molecule has 1 aromatic carbocycles. The van der Waals surface area contributed by atoms with Crippen LogP contribution in [-0.2, 0) is 11.3 Å². The van der Waals surface area contributed by atoms with E-state index in [0.717, 1.165) is 0 Å². The highest BCUT2D eigenvalue weighted by molar-refractivity contribution is 6.42. The van der Waals surface area contributed by atoms with E-state index in [1.807, 2.05) is 0 Å². The van der Waals surface area contributed by atoms with Crippen molar-refractivity contribution in [2.24, 2.45) is 5.73 Å². The van der Waals surface area contributed by atoms with Gasteiger partial charge in [0.1, 0.15) is 17.6 Å². The molecule has 2 aromatic heterocycles. The molecule has 29 heavy (non-hydrogen) atoms. The molecule has 0 radical (unpaired) electrons. The summed E-state index contributed by atoms with van der Waals surface area (Å²) in [5, 5.41) is 3.32. The molecule has 2 heterocycles. The lowest BCUT2D eigenvalue weighted by Crippen LogP contribution is -2.38. The molecule has 0 aliphatic rings. The number of carbonyl (C=O) groups excluding carboxylic acids is 1. The molecule has 0 saturated carbocycles. The van der Waals surface area contributed by atoms with Crippen LogP contribution in [0.15, 0.2) is 24.8 Å². The number of hydrogen-bond donors (Lipinski definition) is 3. The quantitative estimate of drug-likeness (QED) is 0.458. The van der Waals surface area contributed by atoms with Gasteiger partial charge in [-0.3, -0.25) is 4.79 Å². The third kappa shape index (κ3) is 4.69. The van der Waals surface area contributed by atoms with Crippen LogP contribution in [-0.4, -0.2) is 45.1 Å². The fourth-order valence-corrected chi connectivity index (χ4v) is 3.24. The van der Waals surface area contributed by atoms with Gasteiger partial charge in [0.25, 0.3) is 0 Å². The lowest BCUT2D eigenvalue weighted by molar-refractivity contribution is -0.122. The minimum absolute atomic E-state index is 0.200. The third-order valence-electron chi connectivity index (χ3n) is 4.41. The van der Waals surface area contributed by atoms with E-state index in [2.05, 4.69) is 20.3 Å². The maximum Gasteiger partial charge on any atom is 0.236 e. The first-order chi connectivity index (χ1) is 13.9. The van der Waals surface area contributed by atoms with Gasteiger partial charge in [-0.15, -0.1) is 0 Å². The summed E-state index contributed by atoms with van der Waals surface area (Å²) in [6.07, 6.45) is 4.09. The van der Waals surface area contributed by atoms with E-state index in [1.54, 1.807) is 30.1 Å². The number of imidazole rings is 1. The molecule has 1 atom stereocenters. The molecular weight excluding hydrogens is 417 g/mol.